The summed E-state index contributed by atoms with van der Waals surface area (Å²) in [5, 5.41) is 11.6. The Morgan fingerprint density at radius 1 is 1.50 bits per heavy atom. The van der Waals surface area contributed by atoms with Gasteiger partial charge in [0.05, 0.1) is 5.56 Å². The molecular formula is C15H22FN3O. The molecule has 5 heteroatoms. The summed E-state index contributed by atoms with van der Waals surface area (Å²) in [5.41, 5.74) is 6.27. The van der Waals surface area contributed by atoms with Crippen LogP contribution in [0, 0.1) is 5.82 Å². The fourth-order valence-electron chi connectivity index (χ4n) is 2.36. The van der Waals surface area contributed by atoms with Crippen LogP contribution in [0.25, 0.3) is 0 Å². The fourth-order valence-corrected chi connectivity index (χ4v) is 2.36. The molecule has 0 atom stereocenters. The molecular weight excluding hydrogens is 257 g/mol. The zero-order valence-electron chi connectivity index (χ0n) is 11.8. The van der Waals surface area contributed by atoms with Crippen LogP contribution in [-0.2, 0) is 6.54 Å². The third-order valence-corrected chi connectivity index (χ3v) is 3.70. The smallest absolute Gasteiger partial charge is 0.173 e. The van der Waals surface area contributed by atoms with Crippen LogP contribution >= 0.6 is 0 Å². The summed E-state index contributed by atoms with van der Waals surface area (Å²) in [6.45, 7) is 3.74. The molecule has 0 unspecified atom stereocenters. The standard InChI is InChI=1S/C15H22FN3O/c1-2-3-9-19(12-7-8-12)10-11-5-4-6-13(14(11)16)15(17)18-20/h4-6,12,20H,2-3,7-10H2,1H3,(H2,17,18). The van der Waals surface area contributed by atoms with Gasteiger partial charge in [0.2, 0.25) is 0 Å². The normalized spacial score (nSPS) is 15.8. The Balaban J connectivity index is 2.15. The van der Waals surface area contributed by atoms with Gasteiger partial charge in [-0.1, -0.05) is 30.6 Å². The maximum absolute atomic E-state index is 14.4. The van der Waals surface area contributed by atoms with Crippen LogP contribution in [0.2, 0.25) is 0 Å². The van der Waals surface area contributed by atoms with Crippen molar-refractivity contribution in [3.05, 3.63) is 35.1 Å². The summed E-state index contributed by atoms with van der Waals surface area (Å²) in [4.78, 5) is 2.33. The maximum Gasteiger partial charge on any atom is 0.173 e. The number of benzene rings is 1. The van der Waals surface area contributed by atoms with E-state index in [2.05, 4.69) is 17.0 Å². The number of hydrogen-bond donors (Lipinski definition) is 2. The molecule has 1 fully saturated rings. The summed E-state index contributed by atoms with van der Waals surface area (Å²) in [6.07, 6.45) is 4.66. The van der Waals surface area contributed by atoms with Crippen molar-refractivity contribution in [2.45, 2.75) is 45.2 Å². The van der Waals surface area contributed by atoms with E-state index < -0.39 is 0 Å². The van der Waals surface area contributed by atoms with E-state index in [4.69, 9.17) is 10.9 Å². The summed E-state index contributed by atoms with van der Waals surface area (Å²) in [5.74, 6) is -0.569. The number of oxime groups is 1. The molecule has 1 saturated carbocycles. The Morgan fingerprint density at radius 2 is 2.25 bits per heavy atom. The minimum atomic E-state index is -0.384. The van der Waals surface area contributed by atoms with E-state index in [1.54, 1.807) is 12.1 Å². The number of nitrogens with zero attached hydrogens (tertiary/aromatic N) is 2. The summed E-state index contributed by atoms with van der Waals surface area (Å²) >= 11 is 0. The van der Waals surface area contributed by atoms with E-state index in [0.29, 0.717) is 18.2 Å². The van der Waals surface area contributed by atoms with Crippen molar-refractivity contribution in [1.29, 1.82) is 0 Å². The van der Waals surface area contributed by atoms with E-state index in [1.807, 2.05) is 0 Å². The number of nitrogens with two attached hydrogens (primary N) is 1. The second-order valence-corrected chi connectivity index (χ2v) is 5.32. The van der Waals surface area contributed by atoms with Gasteiger partial charge in [-0.3, -0.25) is 4.90 Å². The zero-order chi connectivity index (χ0) is 14.5. The predicted octanol–water partition coefficient (Wildman–Crippen LogP) is 2.68. The third-order valence-electron chi connectivity index (χ3n) is 3.70. The van der Waals surface area contributed by atoms with Crippen LogP contribution < -0.4 is 5.73 Å². The minimum absolute atomic E-state index is 0.163. The zero-order valence-corrected chi connectivity index (χ0v) is 11.8. The molecule has 0 heterocycles. The van der Waals surface area contributed by atoms with Gasteiger partial charge < -0.3 is 10.9 Å². The highest BCUT2D eigenvalue weighted by Crippen LogP contribution is 2.29. The van der Waals surface area contributed by atoms with Crippen LogP contribution in [0.4, 0.5) is 4.39 Å². The minimum Gasteiger partial charge on any atom is -0.409 e. The number of rotatable bonds is 7. The van der Waals surface area contributed by atoms with Crippen LogP contribution in [0.3, 0.4) is 0 Å². The molecule has 0 saturated heterocycles. The molecule has 3 N–H and O–H groups in total. The van der Waals surface area contributed by atoms with Crippen molar-refractivity contribution in [2.75, 3.05) is 6.54 Å². The van der Waals surface area contributed by atoms with Crippen LogP contribution in [0.5, 0.6) is 0 Å². The lowest BCUT2D eigenvalue weighted by Crippen LogP contribution is -2.27. The molecule has 0 radical (unpaired) electrons. The number of amidine groups is 1. The van der Waals surface area contributed by atoms with Crippen LogP contribution in [0.1, 0.15) is 43.7 Å². The molecule has 0 aliphatic heterocycles. The van der Waals surface area contributed by atoms with Gasteiger partial charge in [-0.2, -0.15) is 0 Å². The number of unbranched alkanes of at least 4 members (excludes halogenated alkanes) is 1. The quantitative estimate of drug-likeness (QED) is 0.349. The summed E-state index contributed by atoms with van der Waals surface area (Å²) < 4.78 is 14.4. The van der Waals surface area contributed by atoms with Crippen molar-refractivity contribution >= 4 is 5.84 Å². The van der Waals surface area contributed by atoms with Crippen molar-refractivity contribution in [1.82, 2.24) is 4.90 Å². The number of hydrogen-bond acceptors (Lipinski definition) is 3. The van der Waals surface area contributed by atoms with Gasteiger partial charge in [-0.25, -0.2) is 4.39 Å². The Morgan fingerprint density at radius 3 is 2.85 bits per heavy atom. The molecule has 1 aliphatic carbocycles. The molecule has 1 aromatic carbocycles. The molecule has 0 spiro atoms. The molecule has 0 aromatic heterocycles. The van der Waals surface area contributed by atoms with Crippen molar-refractivity contribution in [2.24, 2.45) is 10.9 Å². The lowest BCUT2D eigenvalue weighted by atomic mass is 10.1. The fraction of sp³-hybridized carbons (Fsp3) is 0.533. The SMILES string of the molecule is CCCCN(Cc1cccc(/C(N)=N/O)c1F)C1CC1. The monoisotopic (exact) mass is 279 g/mol. The second-order valence-electron chi connectivity index (χ2n) is 5.32. The van der Waals surface area contributed by atoms with Crippen molar-refractivity contribution in [3.63, 3.8) is 0 Å². The second kappa shape index (κ2) is 6.70. The largest absolute Gasteiger partial charge is 0.409 e. The van der Waals surface area contributed by atoms with E-state index in [0.717, 1.165) is 19.4 Å². The van der Waals surface area contributed by atoms with Crippen molar-refractivity contribution in [3.8, 4) is 0 Å². The van der Waals surface area contributed by atoms with Crippen LogP contribution in [0.15, 0.2) is 23.4 Å². The molecule has 1 aromatic rings. The van der Waals surface area contributed by atoms with Crippen LogP contribution in [-0.4, -0.2) is 28.5 Å². The van der Waals surface area contributed by atoms with Crippen molar-refractivity contribution < 1.29 is 9.60 Å². The molecule has 0 bridgehead atoms. The first kappa shape index (κ1) is 14.8. The molecule has 4 nitrogen and oxygen atoms in total. The van der Waals surface area contributed by atoms with Gasteiger partial charge in [0.15, 0.2) is 5.84 Å². The number of halogens is 1. The van der Waals surface area contributed by atoms with Gasteiger partial charge in [0, 0.05) is 18.2 Å². The molecule has 20 heavy (non-hydrogen) atoms. The van der Waals surface area contributed by atoms with Gasteiger partial charge in [0.1, 0.15) is 5.82 Å². The Labute approximate surface area is 119 Å². The molecule has 2 rings (SSSR count). The highest BCUT2D eigenvalue weighted by Gasteiger charge is 2.29. The molecule has 0 amide bonds. The Hall–Kier alpha value is -1.62. The highest BCUT2D eigenvalue weighted by molar-refractivity contribution is 5.97. The van der Waals surface area contributed by atoms with Gasteiger partial charge in [-0.05, 0) is 31.9 Å². The van der Waals surface area contributed by atoms with E-state index in [1.165, 1.54) is 18.9 Å². The average Bonchev–Trinajstić information content (AvgIpc) is 3.29. The Kier molecular flexibility index (Phi) is 4.95. The van der Waals surface area contributed by atoms with Gasteiger partial charge in [-0.15, -0.1) is 0 Å². The Bertz CT molecular complexity index is 486. The predicted molar refractivity (Wildman–Crippen MR) is 77.3 cm³/mol. The summed E-state index contributed by atoms with van der Waals surface area (Å²) in [6, 6.07) is 5.64. The molecule has 1 aliphatic rings. The average molecular weight is 279 g/mol. The highest BCUT2D eigenvalue weighted by atomic mass is 19.1. The lowest BCUT2D eigenvalue weighted by molar-refractivity contribution is 0.247. The molecule has 110 valence electrons. The first-order valence-corrected chi connectivity index (χ1v) is 7.16. The van der Waals surface area contributed by atoms with E-state index in [9.17, 15) is 4.39 Å². The summed E-state index contributed by atoms with van der Waals surface area (Å²) in [7, 11) is 0. The van der Waals surface area contributed by atoms with E-state index >= 15 is 0 Å². The lowest BCUT2D eigenvalue weighted by Gasteiger charge is -2.22. The third kappa shape index (κ3) is 3.48. The van der Waals surface area contributed by atoms with Gasteiger partial charge in [0.25, 0.3) is 0 Å². The van der Waals surface area contributed by atoms with E-state index in [-0.39, 0.29) is 17.2 Å². The first-order chi connectivity index (χ1) is 9.67. The topological polar surface area (TPSA) is 61.8 Å². The maximum atomic E-state index is 14.4. The van der Waals surface area contributed by atoms with Gasteiger partial charge >= 0.3 is 0 Å². The first-order valence-electron chi connectivity index (χ1n) is 7.16.